The Morgan fingerprint density at radius 3 is 1.67 bits per heavy atom. The van der Waals surface area contributed by atoms with E-state index in [1.807, 2.05) is 0 Å². The summed E-state index contributed by atoms with van der Waals surface area (Å²) in [5, 5.41) is 0. The molecule has 0 aromatic rings. The van der Waals surface area contributed by atoms with Crippen LogP contribution in [0.4, 0.5) is 0 Å². The lowest BCUT2D eigenvalue weighted by Gasteiger charge is -2.20. The van der Waals surface area contributed by atoms with Crippen LogP contribution >= 0.6 is 0 Å². The maximum atomic E-state index is 1.64. The molecule has 4 saturated carbocycles. The van der Waals surface area contributed by atoms with E-state index in [1.54, 1.807) is 38.5 Å². The average molecular weight is 162 g/mol. The first kappa shape index (κ1) is 6.45. The molecular weight excluding hydrogens is 144 g/mol. The van der Waals surface area contributed by atoms with E-state index in [9.17, 15) is 0 Å². The third-order valence-corrected chi connectivity index (χ3v) is 5.52. The van der Waals surface area contributed by atoms with E-state index >= 15 is 0 Å². The molecule has 4 bridgehead atoms. The van der Waals surface area contributed by atoms with Crippen molar-refractivity contribution < 1.29 is 0 Å². The van der Waals surface area contributed by atoms with Gasteiger partial charge in [0.25, 0.3) is 0 Å². The summed E-state index contributed by atoms with van der Waals surface area (Å²) in [4.78, 5) is 0. The van der Waals surface area contributed by atoms with Gasteiger partial charge in [0.2, 0.25) is 0 Å². The molecule has 0 aliphatic heterocycles. The Labute approximate surface area is 74.7 Å². The quantitative estimate of drug-likeness (QED) is 0.513. The van der Waals surface area contributed by atoms with Gasteiger partial charge in [0, 0.05) is 0 Å². The summed E-state index contributed by atoms with van der Waals surface area (Å²) in [5.41, 5.74) is 0. The van der Waals surface area contributed by atoms with Gasteiger partial charge in [0.15, 0.2) is 0 Å². The van der Waals surface area contributed by atoms with Gasteiger partial charge in [-0.15, -0.1) is 0 Å². The molecule has 4 rings (SSSR count). The zero-order valence-electron chi connectivity index (χ0n) is 7.71. The lowest BCUT2D eigenvalue weighted by atomic mass is 9.86. The highest BCUT2D eigenvalue weighted by molar-refractivity contribution is 5.04. The molecule has 4 aliphatic carbocycles. The second-order valence-corrected chi connectivity index (χ2v) is 5.99. The fourth-order valence-corrected chi connectivity index (χ4v) is 5.39. The number of rotatable bonds is 0. The molecule has 0 aromatic heterocycles. The molecular formula is C12H18. The first-order valence-electron chi connectivity index (χ1n) is 5.90. The van der Waals surface area contributed by atoms with Gasteiger partial charge in [-0.1, -0.05) is 0 Å². The van der Waals surface area contributed by atoms with Crippen LogP contribution in [0, 0.1) is 35.5 Å². The van der Waals surface area contributed by atoms with Crippen LogP contribution in [-0.4, -0.2) is 0 Å². The molecule has 0 heteroatoms. The van der Waals surface area contributed by atoms with Crippen LogP contribution in [0.5, 0.6) is 0 Å². The van der Waals surface area contributed by atoms with E-state index in [0.29, 0.717) is 0 Å². The first-order chi connectivity index (χ1) is 5.90. The maximum Gasteiger partial charge on any atom is -0.0352 e. The van der Waals surface area contributed by atoms with E-state index in [2.05, 4.69) is 0 Å². The zero-order chi connectivity index (χ0) is 7.71. The van der Waals surface area contributed by atoms with Crippen LogP contribution in [0.2, 0.25) is 0 Å². The third-order valence-electron chi connectivity index (χ3n) is 5.52. The molecule has 0 heterocycles. The van der Waals surface area contributed by atoms with Crippen molar-refractivity contribution in [2.45, 2.75) is 38.5 Å². The first-order valence-corrected chi connectivity index (χ1v) is 5.90. The van der Waals surface area contributed by atoms with Crippen LogP contribution in [-0.2, 0) is 0 Å². The molecule has 12 heavy (non-hydrogen) atoms. The zero-order valence-corrected chi connectivity index (χ0v) is 7.71. The average Bonchev–Trinajstić information content (AvgIpc) is 2.51. The van der Waals surface area contributed by atoms with Gasteiger partial charge < -0.3 is 0 Å². The molecule has 4 fully saturated rings. The van der Waals surface area contributed by atoms with E-state index in [4.69, 9.17) is 0 Å². The van der Waals surface area contributed by atoms with Crippen molar-refractivity contribution >= 4 is 0 Å². The SMILES string of the molecule is C1C2CC3CC4CC1CC4C3C2. The van der Waals surface area contributed by atoms with Crippen molar-refractivity contribution in [1.29, 1.82) is 0 Å². The Kier molecular flexibility index (Phi) is 1.03. The predicted octanol–water partition coefficient (Wildman–Crippen LogP) is 3.08. The van der Waals surface area contributed by atoms with Crippen molar-refractivity contribution in [3.63, 3.8) is 0 Å². The van der Waals surface area contributed by atoms with E-state index in [1.165, 1.54) is 35.5 Å². The maximum absolute atomic E-state index is 1.64. The lowest BCUT2D eigenvalue weighted by molar-refractivity contribution is 0.314. The molecule has 0 amide bonds. The highest BCUT2D eigenvalue weighted by Crippen LogP contribution is 2.64. The summed E-state index contributed by atoms with van der Waals surface area (Å²) in [6.07, 6.45) is 9.81. The van der Waals surface area contributed by atoms with Gasteiger partial charge in [-0.25, -0.2) is 0 Å². The molecule has 66 valence electrons. The highest BCUT2D eigenvalue weighted by Gasteiger charge is 2.54. The smallest absolute Gasteiger partial charge is 0.0352 e. The summed E-state index contributed by atoms with van der Waals surface area (Å²) in [6.45, 7) is 0. The van der Waals surface area contributed by atoms with Crippen molar-refractivity contribution in [3.05, 3.63) is 0 Å². The van der Waals surface area contributed by atoms with Crippen molar-refractivity contribution in [2.75, 3.05) is 0 Å². The van der Waals surface area contributed by atoms with Crippen LogP contribution in [0.3, 0.4) is 0 Å². The topological polar surface area (TPSA) is 0 Å². The molecule has 4 aliphatic rings. The normalized spacial score (nSPS) is 66.0. The molecule has 0 nitrogen and oxygen atoms in total. The largest absolute Gasteiger partial charge is 0.0475 e. The van der Waals surface area contributed by atoms with E-state index < -0.39 is 0 Å². The molecule has 0 N–H and O–H groups in total. The van der Waals surface area contributed by atoms with E-state index in [-0.39, 0.29) is 0 Å². The molecule has 6 unspecified atom stereocenters. The molecule has 0 radical (unpaired) electrons. The van der Waals surface area contributed by atoms with Gasteiger partial charge >= 0.3 is 0 Å². The van der Waals surface area contributed by atoms with Crippen molar-refractivity contribution in [2.24, 2.45) is 35.5 Å². The minimum Gasteiger partial charge on any atom is -0.0475 e. The molecule has 0 aromatic carbocycles. The third kappa shape index (κ3) is 0.625. The lowest BCUT2D eigenvalue weighted by Crippen LogP contribution is -2.09. The van der Waals surface area contributed by atoms with Gasteiger partial charge in [-0.3, -0.25) is 0 Å². The Hall–Kier alpha value is 0. The number of hydrogen-bond acceptors (Lipinski definition) is 0. The molecule has 0 spiro atoms. The monoisotopic (exact) mass is 162 g/mol. The van der Waals surface area contributed by atoms with Gasteiger partial charge in [-0.05, 0) is 74.0 Å². The fourth-order valence-electron chi connectivity index (χ4n) is 5.39. The summed E-state index contributed by atoms with van der Waals surface area (Å²) >= 11 is 0. The summed E-state index contributed by atoms with van der Waals surface area (Å²) in [6, 6.07) is 0. The minimum atomic E-state index is 1.18. The van der Waals surface area contributed by atoms with Gasteiger partial charge in [0.05, 0.1) is 0 Å². The summed E-state index contributed by atoms with van der Waals surface area (Å²) < 4.78 is 0. The van der Waals surface area contributed by atoms with Gasteiger partial charge in [-0.2, -0.15) is 0 Å². The predicted molar refractivity (Wildman–Crippen MR) is 48.6 cm³/mol. The van der Waals surface area contributed by atoms with Crippen LogP contribution in [0.15, 0.2) is 0 Å². The van der Waals surface area contributed by atoms with E-state index in [0.717, 1.165) is 0 Å². The minimum absolute atomic E-state index is 1.18. The van der Waals surface area contributed by atoms with Crippen molar-refractivity contribution in [1.82, 2.24) is 0 Å². The summed E-state index contributed by atoms with van der Waals surface area (Å²) in [5.74, 6) is 7.19. The molecule has 6 atom stereocenters. The Morgan fingerprint density at radius 1 is 0.500 bits per heavy atom. The van der Waals surface area contributed by atoms with Crippen LogP contribution < -0.4 is 0 Å². The highest BCUT2D eigenvalue weighted by atomic mass is 14.6. The number of hydrogen-bond donors (Lipinski definition) is 0. The Bertz CT molecular complexity index is 194. The second kappa shape index (κ2) is 1.91. The fraction of sp³-hybridized carbons (Fsp3) is 1.00. The van der Waals surface area contributed by atoms with Crippen LogP contribution in [0.25, 0.3) is 0 Å². The second-order valence-electron chi connectivity index (χ2n) is 5.99. The van der Waals surface area contributed by atoms with Gasteiger partial charge in [0.1, 0.15) is 0 Å². The molecule has 0 saturated heterocycles. The van der Waals surface area contributed by atoms with Crippen LogP contribution in [0.1, 0.15) is 38.5 Å². The Balaban J connectivity index is 1.83. The van der Waals surface area contributed by atoms with Crippen molar-refractivity contribution in [3.8, 4) is 0 Å². The number of fused-ring (bicyclic) bond motifs is 2. The summed E-state index contributed by atoms with van der Waals surface area (Å²) in [7, 11) is 0. The standard InChI is InChI=1S/C12H18/c1-7-2-9-6-10-3-8(1)5-12(10)11(9)4-7/h7-12H,1-6H2. The Morgan fingerprint density at radius 2 is 1.08 bits per heavy atom.